The van der Waals surface area contributed by atoms with E-state index in [9.17, 15) is 23.3 Å². The first-order chi connectivity index (χ1) is 9.63. The fourth-order valence-corrected chi connectivity index (χ4v) is 1.51. The van der Waals surface area contributed by atoms with Crippen molar-refractivity contribution in [1.29, 1.82) is 0 Å². The third-order valence-electron chi connectivity index (χ3n) is 3.26. The molecule has 0 aliphatic carbocycles. The standard InChI is InChI=1S/C12H16F3N3O3/c1-3-11(16,4-2)7-21-9-5-10(12(13,14)15)17-6-8(9)18(19)20/h5-6H,3-4,7,16H2,1-2H3. The van der Waals surface area contributed by atoms with Gasteiger partial charge in [-0.1, -0.05) is 13.8 Å². The van der Waals surface area contributed by atoms with E-state index in [1.165, 1.54) is 0 Å². The Morgan fingerprint density at radius 2 is 1.95 bits per heavy atom. The Morgan fingerprint density at radius 3 is 2.38 bits per heavy atom. The summed E-state index contributed by atoms with van der Waals surface area (Å²) in [7, 11) is 0. The number of pyridine rings is 1. The molecule has 9 heteroatoms. The number of rotatable bonds is 6. The zero-order chi connectivity index (χ0) is 16.3. The van der Waals surface area contributed by atoms with Gasteiger partial charge in [-0.2, -0.15) is 13.2 Å². The minimum atomic E-state index is -4.71. The van der Waals surface area contributed by atoms with Crippen LogP contribution in [0.25, 0.3) is 0 Å². The summed E-state index contributed by atoms with van der Waals surface area (Å²) in [6, 6.07) is 0.518. The van der Waals surface area contributed by atoms with Gasteiger partial charge in [0.05, 0.1) is 4.92 Å². The fraction of sp³-hybridized carbons (Fsp3) is 0.583. The Hall–Kier alpha value is -1.90. The molecule has 0 fully saturated rings. The van der Waals surface area contributed by atoms with Gasteiger partial charge in [-0.05, 0) is 12.8 Å². The zero-order valence-corrected chi connectivity index (χ0v) is 11.6. The summed E-state index contributed by atoms with van der Waals surface area (Å²) >= 11 is 0. The molecule has 0 aromatic carbocycles. The van der Waals surface area contributed by atoms with Crippen LogP contribution >= 0.6 is 0 Å². The molecular weight excluding hydrogens is 291 g/mol. The maximum absolute atomic E-state index is 12.6. The average Bonchev–Trinajstić information content (AvgIpc) is 2.43. The van der Waals surface area contributed by atoms with E-state index < -0.39 is 33.8 Å². The predicted molar refractivity (Wildman–Crippen MR) is 68.9 cm³/mol. The monoisotopic (exact) mass is 307 g/mol. The lowest BCUT2D eigenvalue weighted by molar-refractivity contribution is -0.386. The first-order valence-corrected chi connectivity index (χ1v) is 6.26. The molecule has 0 aliphatic heterocycles. The van der Waals surface area contributed by atoms with Crippen LogP contribution in [0, 0.1) is 10.1 Å². The number of halogens is 3. The molecule has 0 amide bonds. The summed E-state index contributed by atoms with van der Waals surface area (Å²) in [5.41, 5.74) is 3.33. The van der Waals surface area contributed by atoms with Gasteiger partial charge in [0.15, 0.2) is 0 Å². The van der Waals surface area contributed by atoms with Gasteiger partial charge in [0.2, 0.25) is 5.75 Å². The second-order valence-electron chi connectivity index (χ2n) is 4.65. The van der Waals surface area contributed by atoms with Crippen molar-refractivity contribution in [2.45, 2.75) is 38.4 Å². The Balaban J connectivity index is 3.10. The molecule has 0 atom stereocenters. The minimum absolute atomic E-state index is 0.123. The lowest BCUT2D eigenvalue weighted by Crippen LogP contribution is -2.44. The zero-order valence-electron chi connectivity index (χ0n) is 11.6. The molecule has 0 saturated heterocycles. The summed E-state index contributed by atoms with van der Waals surface area (Å²) in [5.74, 6) is -0.487. The number of aromatic nitrogens is 1. The van der Waals surface area contributed by atoms with E-state index in [0.717, 1.165) is 0 Å². The first-order valence-electron chi connectivity index (χ1n) is 6.26. The minimum Gasteiger partial charge on any atom is -0.485 e. The van der Waals surface area contributed by atoms with Crippen LogP contribution in [-0.2, 0) is 6.18 Å². The van der Waals surface area contributed by atoms with Crippen molar-refractivity contribution in [3.05, 3.63) is 28.1 Å². The molecule has 0 bridgehead atoms. The lowest BCUT2D eigenvalue weighted by Gasteiger charge is -2.26. The molecule has 0 saturated carbocycles. The van der Waals surface area contributed by atoms with Gasteiger partial charge in [-0.3, -0.25) is 10.1 Å². The van der Waals surface area contributed by atoms with Gasteiger partial charge in [0.1, 0.15) is 18.5 Å². The molecule has 2 N–H and O–H groups in total. The SMILES string of the molecule is CCC(N)(CC)COc1cc(C(F)(F)F)ncc1[N+](=O)[O-]. The van der Waals surface area contributed by atoms with Gasteiger partial charge < -0.3 is 10.5 Å². The van der Waals surface area contributed by atoms with Crippen LogP contribution in [0.2, 0.25) is 0 Å². The fourth-order valence-electron chi connectivity index (χ4n) is 1.51. The predicted octanol–water partition coefficient (Wildman–Crippen LogP) is 2.90. The number of nitrogens with two attached hydrogens (primary N) is 1. The first kappa shape index (κ1) is 17.2. The summed E-state index contributed by atoms with van der Waals surface area (Å²) in [6.07, 6.45) is -3.13. The molecule has 1 aromatic rings. The molecule has 21 heavy (non-hydrogen) atoms. The molecule has 1 aromatic heterocycles. The van der Waals surface area contributed by atoms with Gasteiger partial charge >= 0.3 is 11.9 Å². The van der Waals surface area contributed by atoms with Gasteiger partial charge in [0.25, 0.3) is 0 Å². The molecule has 0 spiro atoms. The molecule has 0 aliphatic rings. The average molecular weight is 307 g/mol. The van der Waals surface area contributed by atoms with E-state index in [2.05, 4.69) is 4.98 Å². The largest absolute Gasteiger partial charge is 0.485 e. The van der Waals surface area contributed by atoms with Crippen molar-refractivity contribution in [2.75, 3.05) is 6.61 Å². The van der Waals surface area contributed by atoms with E-state index in [-0.39, 0.29) is 6.61 Å². The number of hydrogen-bond acceptors (Lipinski definition) is 5. The molecule has 118 valence electrons. The Morgan fingerprint density at radius 1 is 1.38 bits per heavy atom. The van der Waals surface area contributed by atoms with Crippen LogP contribution in [0.1, 0.15) is 32.4 Å². The van der Waals surface area contributed by atoms with Crippen molar-refractivity contribution >= 4 is 5.69 Å². The maximum Gasteiger partial charge on any atom is 0.433 e. The summed E-state index contributed by atoms with van der Waals surface area (Å²) < 4.78 is 43.0. The van der Waals surface area contributed by atoms with E-state index in [1.54, 1.807) is 13.8 Å². The number of hydrogen-bond donors (Lipinski definition) is 1. The highest BCUT2D eigenvalue weighted by Gasteiger charge is 2.35. The molecule has 0 unspecified atom stereocenters. The number of nitrogens with zero attached hydrogens (tertiary/aromatic N) is 2. The normalized spacial score (nSPS) is 12.3. The van der Waals surface area contributed by atoms with Crippen molar-refractivity contribution in [2.24, 2.45) is 5.73 Å². The van der Waals surface area contributed by atoms with Crippen LogP contribution < -0.4 is 10.5 Å². The molecule has 1 heterocycles. The number of ether oxygens (including phenoxy) is 1. The van der Waals surface area contributed by atoms with Crippen molar-refractivity contribution in [3.8, 4) is 5.75 Å². The Kier molecular flexibility index (Phi) is 5.10. The van der Waals surface area contributed by atoms with Crippen LogP contribution in [-0.4, -0.2) is 22.1 Å². The van der Waals surface area contributed by atoms with E-state index in [1.807, 2.05) is 0 Å². The summed E-state index contributed by atoms with van der Waals surface area (Å²) in [5, 5.41) is 10.8. The van der Waals surface area contributed by atoms with Crippen LogP contribution in [0.5, 0.6) is 5.75 Å². The van der Waals surface area contributed by atoms with Crippen LogP contribution in [0.15, 0.2) is 12.3 Å². The maximum atomic E-state index is 12.6. The van der Waals surface area contributed by atoms with E-state index in [4.69, 9.17) is 10.5 Å². The Labute approximate surface area is 119 Å². The van der Waals surface area contributed by atoms with Crippen LogP contribution in [0.3, 0.4) is 0 Å². The Bertz CT molecular complexity index is 516. The molecule has 0 radical (unpaired) electrons. The second kappa shape index (κ2) is 6.25. The number of alkyl halides is 3. The molecule has 6 nitrogen and oxygen atoms in total. The quantitative estimate of drug-likeness (QED) is 0.644. The van der Waals surface area contributed by atoms with E-state index >= 15 is 0 Å². The highest BCUT2D eigenvalue weighted by atomic mass is 19.4. The van der Waals surface area contributed by atoms with Crippen LogP contribution in [0.4, 0.5) is 18.9 Å². The number of nitro groups is 1. The highest BCUT2D eigenvalue weighted by molar-refractivity contribution is 5.45. The lowest BCUT2D eigenvalue weighted by atomic mass is 9.96. The second-order valence-corrected chi connectivity index (χ2v) is 4.65. The van der Waals surface area contributed by atoms with Gasteiger partial charge in [-0.15, -0.1) is 0 Å². The third-order valence-corrected chi connectivity index (χ3v) is 3.26. The smallest absolute Gasteiger partial charge is 0.433 e. The van der Waals surface area contributed by atoms with Crippen molar-refractivity contribution in [1.82, 2.24) is 4.98 Å². The highest BCUT2D eigenvalue weighted by Crippen LogP contribution is 2.34. The molecular formula is C12H16F3N3O3. The van der Waals surface area contributed by atoms with Gasteiger partial charge in [-0.25, -0.2) is 4.98 Å². The summed E-state index contributed by atoms with van der Waals surface area (Å²) in [6.45, 7) is 3.48. The van der Waals surface area contributed by atoms with Crippen molar-refractivity contribution < 1.29 is 22.8 Å². The third kappa shape index (κ3) is 4.28. The summed E-state index contributed by atoms with van der Waals surface area (Å²) in [4.78, 5) is 13.0. The van der Waals surface area contributed by atoms with Crippen molar-refractivity contribution in [3.63, 3.8) is 0 Å². The topological polar surface area (TPSA) is 91.3 Å². The molecule has 1 rings (SSSR count). The van der Waals surface area contributed by atoms with E-state index in [0.29, 0.717) is 25.1 Å². The van der Waals surface area contributed by atoms with Gasteiger partial charge in [0, 0.05) is 11.6 Å².